The third-order valence-electron chi connectivity index (χ3n) is 2.72. The van der Waals surface area contributed by atoms with Gasteiger partial charge in [-0.15, -0.1) is 0 Å². The first-order valence-electron chi connectivity index (χ1n) is 5.59. The molecule has 1 N–H and O–H groups in total. The molecule has 0 amide bonds. The first kappa shape index (κ1) is 13.4. The van der Waals surface area contributed by atoms with E-state index in [1.807, 2.05) is 0 Å². The summed E-state index contributed by atoms with van der Waals surface area (Å²) in [5.74, 6) is 0.582. The summed E-state index contributed by atoms with van der Waals surface area (Å²) in [7, 11) is -1.75. The molecule has 19 heavy (non-hydrogen) atoms. The smallest absolute Gasteiger partial charge is 0.175 e. The molecule has 5 heteroatoms. The van der Waals surface area contributed by atoms with Crippen LogP contribution in [-0.4, -0.2) is 26.9 Å². The molecule has 2 aromatic rings. The maximum absolute atomic E-state index is 11.5. The van der Waals surface area contributed by atoms with E-state index in [1.165, 1.54) is 13.2 Å². The number of hydrogen-bond acceptors (Lipinski definition) is 4. The van der Waals surface area contributed by atoms with Crippen molar-refractivity contribution in [2.75, 3.05) is 13.4 Å². The van der Waals surface area contributed by atoms with E-state index >= 15 is 0 Å². The summed E-state index contributed by atoms with van der Waals surface area (Å²) in [5, 5.41) is 9.62. The zero-order valence-corrected chi connectivity index (χ0v) is 11.4. The molecule has 0 radical (unpaired) electrons. The second-order valence-corrected chi connectivity index (χ2v) is 6.24. The van der Waals surface area contributed by atoms with Crippen molar-refractivity contribution in [3.63, 3.8) is 0 Å². The fraction of sp³-hybridized carbons (Fsp3) is 0.143. The van der Waals surface area contributed by atoms with Gasteiger partial charge in [0, 0.05) is 12.3 Å². The van der Waals surface area contributed by atoms with Crippen LogP contribution in [0.3, 0.4) is 0 Å². The lowest BCUT2D eigenvalue weighted by molar-refractivity contribution is 0.408. The minimum atomic E-state index is -3.25. The predicted molar refractivity (Wildman–Crippen MR) is 73.2 cm³/mol. The van der Waals surface area contributed by atoms with E-state index in [4.69, 9.17) is 4.74 Å². The van der Waals surface area contributed by atoms with Crippen molar-refractivity contribution in [2.45, 2.75) is 4.90 Å². The van der Waals surface area contributed by atoms with Gasteiger partial charge in [-0.1, -0.05) is 12.1 Å². The Hall–Kier alpha value is -2.01. The van der Waals surface area contributed by atoms with Gasteiger partial charge in [0.05, 0.1) is 12.0 Å². The van der Waals surface area contributed by atoms with Crippen LogP contribution in [0.15, 0.2) is 47.4 Å². The standard InChI is InChI=1S/C14H14O4S/c1-18-13-7-11(6-12(15)9-13)10-4-3-5-14(8-10)19(2,16)17/h3-9,15H,1-2H3. The van der Waals surface area contributed by atoms with Crippen molar-refractivity contribution < 1.29 is 18.3 Å². The van der Waals surface area contributed by atoms with Crippen LogP contribution in [0, 0.1) is 0 Å². The van der Waals surface area contributed by atoms with Crippen LogP contribution < -0.4 is 4.74 Å². The van der Waals surface area contributed by atoms with E-state index in [-0.39, 0.29) is 10.6 Å². The fourth-order valence-corrected chi connectivity index (χ4v) is 2.44. The van der Waals surface area contributed by atoms with Gasteiger partial charge in [-0.25, -0.2) is 8.42 Å². The first-order chi connectivity index (χ1) is 8.90. The Balaban J connectivity index is 2.56. The first-order valence-corrected chi connectivity index (χ1v) is 7.48. The largest absolute Gasteiger partial charge is 0.508 e. The lowest BCUT2D eigenvalue weighted by Gasteiger charge is -2.07. The molecule has 0 aliphatic carbocycles. The summed E-state index contributed by atoms with van der Waals surface area (Å²) in [4.78, 5) is 0.243. The van der Waals surface area contributed by atoms with Crippen molar-refractivity contribution in [3.05, 3.63) is 42.5 Å². The van der Waals surface area contributed by atoms with Gasteiger partial charge in [0.25, 0.3) is 0 Å². The van der Waals surface area contributed by atoms with E-state index in [2.05, 4.69) is 0 Å². The third kappa shape index (κ3) is 3.06. The molecule has 0 aliphatic heterocycles. The zero-order valence-electron chi connectivity index (χ0n) is 10.6. The number of benzene rings is 2. The number of hydrogen-bond donors (Lipinski definition) is 1. The van der Waals surface area contributed by atoms with Crippen LogP contribution in [0.25, 0.3) is 11.1 Å². The van der Waals surface area contributed by atoms with Crippen molar-refractivity contribution in [3.8, 4) is 22.6 Å². The van der Waals surface area contributed by atoms with Crippen molar-refractivity contribution in [1.82, 2.24) is 0 Å². The van der Waals surface area contributed by atoms with Gasteiger partial charge in [-0.2, -0.15) is 0 Å². The minimum absolute atomic E-state index is 0.0686. The Morgan fingerprint density at radius 3 is 2.42 bits per heavy atom. The number of phenols is 1. The molecule has 0 saturated carbocycles. The SMILES string of the molecule is COc1cc(O)cc(-c2cccc(S(C)(=O)=O)c2)c1. The molecule has 2 rings (SSSR count). The van der Waals surface area contributed by atoms with Crippen LogP contribution in [0.1, 0.15) is 0 Å². The summed E-state index contributed by atoms with van der Waals surface area (Å²) in [6.45, 7) is 0. The fourth-order valence-electron chi connectivity index (χ4n) is 1.77. The quantitative estimate of drug-likeness (QED) is 0.936. The number of phenolic OH excluding ortho intramolecular Hbond substituents is 1. The highest BCUT2D eigenvalue weighted by Crippen LogP contribution is 2.30. The molecular formula is C14H14O4S. The van der Waals surface area contributed by atoms with Crippen molar-refractivity contribution in [2.24, 2.45) is 0 Å². The topological polar surface area (TPSA) is 63.6 Å². The molecule has 0 spiro atoms. The minimum Gasteiger partial charge on any atom is -0.508 e. The normalized spacial score (nSPS) is 11.3. The van der Waals surface area contributed by atoms with Gasteiger partial charge in [0.1, 0.15) is 11.5 Å². The molecule has 0 fully saturated rings. The Bertz CT molecular complexity index is 705. The monoisotopic (exact) mass is 278 g/mol. The Morgan fingerprint density at radius 1 is 1.05 bits per heavy atom. The molecule has 4 nitrogen and oxygen atoms in total. The average Bonchev–Trinajstić information content (AvgIpc) is 2.37. The molecule has 0 bridgehead atoms. The molecule has 0 aliphatic rings. The lowest BCUT2D eigenvalue weighted by atomic mass is 10.1. The van der Waals surface area contributed by atoms with E-state index in [9.17, 15) is 13.5 Å². The second-order valence-electron chi connectivity index (χ2n) is 4.22. The van der Waals surface area contributed by atoms with Crippen LogP contribution in [0.2, 0.25) is 0 Å². The average molecular weight is 278 g/mol. The van der Waals surface area contributed by atoms with Crippen molar-refractivity contribution >= 4 is 9.84 Å². The van der Waals surface area contributed by atoms with Gasteiger partial charge in [0.15, 0.2) is 9.84 Å². The van der Waals surface area contributed by atoms with Crippen LogP contribution >= 0.6 is 0 Å². The number of ether oxygens (including phenoxy) is 1. The summed E-state index contributed by atoms with van der Waals surface area (Å²) in [5.41, 5.74) is 1.40. The van der Waals surface area contributed by atoms with Gasteiger partial charge in [0.2, 0.25) is 0 Å². The third-order valence-corrected chi connectivity index (χ3v) is 3.83. The number of aromatic hydroxyl groups is 1. The van der Waals surface area contributed by atoms with Crippen molar-refractivity contribution in [1.29, 1.82) is 0 Å². The molecular weight excluding hydrogens is 264 g/mol. The highest BCUT2D eigenvalue weighted by molar-refractivity contribution is 7.90. The van der Waals surface area contributed by atoms with Gasteiger partial charge >= 0.3 is 0 Å². The predicted octanol–water partition coefficient (Wildman–Crippen LogP) is 2.47. The summed E-state index contributed by atoms with van der Waals surface area (Å²) < 4.78 is 28.1. The van der Waals surface area contributed by atoms with Crippen LogP contribution in [0.4, 0.5) is 0 Å². The van der Waals surface area contributed by atoms with E-state index in [1.54, 1.807) is 36.4 Å². The summed E-state index contributed by atoms with van der Waals surface area (Å²) in [6, 6.07) is 11.3. The zero-order chi connectivity index (χ0) is 14.0. The van der Waals surface area contributed by atoms with Gasteiger partial charge < -0.3 is 9.84 Å². The van der Waals surface area contributed by atoms with E-state index in [0.29, 0.717) is 16.9 Å². The lowest BCUT2D eigenvalue weighted by Crippen LogP contribution is -1.96. The molecule has 0 atom stereocenters. The van der Waals surface area contributed by atoms with Gasteiger partial charge in [-0.05, 0) is 35.4 Å². The molecule has 0 unspecified atom stereocenters. The van der Waals surface area contributed by atoms with E-state index < -0.39 is 9.84 Å². The number of methoxy groups -OCH3 is 1. The number of rotatable bonds is 3. The molecule has 0 heterocycles. The maximum atomic E-state index is 11.5. The highest BCUT2D eigenvalue weighted by Gasteiger charge is 2.09. The van der Waals surface area contributed by atoms with Crippen LogP contribution in [-0.2, 0) is 9.84 Å². The Labute approximate surface area is 112 Å². The molecule has 2 aromatic carbocycles. The van der Waals surface area contributed by atoms with E-state index in [0.717, 1.165) is 6.26 Å². The Kier molecular flexibility index (Phi) is 3.48. The highest BCUT2D eigenvalue weighted by atomic mass is 32.2. The molecule has 0 saturated heterocycles. The molecule has 100 valence electrons. The maximum Gasteiger partial charge on any atom is 0.175 e. The van der Waals surface area contributed by atoms with Crippen LogP contribution in [0.5, 0.6) is 11.5 Å². The Morgan fingerprint density at radius 2 is 1.79 bits per heavy atom. The second kappa shape index (κ2) is 4.93. The number of sulfone groups is 1. The summed E-state index contributed by atoms with van der Waals surface area (Å²) in [6.07, 6.45) is 1.16. The molecule has 0 aromatic heterocycles. The summed E-state index contributed by atoms with van der Waals surface area (Å²) >= 11 is 0. The van der Waals surface area contributed by atoms with Gasteiger partial charge in [-0.3, -0.25) is 0 Å².